The van der Waals surface area contributed by atoms with E-state index in [9.17, 15) is 9.59 Å². The highest BCUT2D eigenvalue weighted by atomic mass is 16.5. The Balaban J connectivity index is 4.60. The normalized spacial score (nSPS) is 13.3. The van der Waals surface area contributed by atoms with Gasteiger partial charge in [0.05, 0.1) is 13.7 Å². The number of carbonyl (C=O) groups is 2. The molecular formula is C13H26N2O3. The number of nitrogens with zero attached hydrogens (tertiary/aromatic N) is 1. The largest absolute Gasteiger partial charge is 0.467 e. The van der Waals surface area contributed by atoms with Gasteiger partial charge in [0.25, 0.3) is 0 Å². The van der Waals surface area contributed by atoms with Gasteiger partial charge in [-0.2, -0.15) is 0 Å². The third-order valence-corrected chi connectivity index (χ3v) is 2.87. The highest BCUT2D eigenvalue weighted by Crippen LogP contribution is 2.20. The van der Waals surface area contributed by atoms with Gasteiger partial charge >= 0.3 is 5.97 Å². The molecule has 5 nitrogen and oxygen atoms in total. The minimum atomic E-state index is -0.620. The van der Waals surface area contributed by atoms with Crippen LogP contribution >= 0.6 is 0 Å². The molecule has 0 aliphatic heterocycles. The number of hydrogen-bond donors (Lipinski definition) is 1. The lowest BCUT2D eigenvalue weighted by Gasteiger charge is -2.29. The molecule has 1 amide bonds. The third kappa shape index (κ3) is 5.49. The molecule has 1 N–H and O–H groups in total. The summed E-state index contributed by atoms with van der Waals surface area (Å²) in [4.78, 5) is 25.5. The summed E-state index contributed by atoms with van der Waals surface area (Å²) >= 11 is 0. The highest BCUT2D eigenvalue weighted by molar-refractivity contribution is 5.86. The zero-order chi connectivity index (χ0) is 14.3. The van der Waals surface area contributed by atoms with Gasteiger partial charge in [0, 0.05) is 0 Å². The van der Waals surface area contributed by atoms with Gasteiger partial charge < -0.3 is 10.1 Å². The van der Waals surface area contributed by atoms with Crippen LogP contribution in [0.5, 0.6) is 0 Å². The van der Waals surface area contributed by atoms with Crippen LogP contribution in [0.25, 0.3) is 0 Å². The molecule has 0 aliphatic carbocycles. The zero-order valence-corrected chi connectivity index (χ0v) is 12.4. The molecule has 0 aromatic carbocycles. The van der Waals surface area contributed by atoms with E-state index in [1.807, 2.05) is 39.5 Å². The second-order valence-electron chi connectivity index (χ2n) is 5.35. The Labute approximate surface area is 110 Å². The maximum atomic E-state index is 11.9. The fourth-order valence-electron chi connectivity index (χ4n) is 1.60. The third-order valence-electron chi connectivity index (χ3n) is 2.87. The van der Waals surface area contributed by atoms with Crippen molar-refractivity contribution in [3.05, 3.63) is 0 Å². The predicted octanol–water partition coefficient (Wildman–Crippen LogP) is 1.03. The number of amides is 1. The van der Waals surface area contributed by atoms with Gasteiger partial charge in [-0.25, -0.2) is 4.79 Å². The van der Waals surface area contributed by atoms with E-state index >= 15 is 0 Å². The Morgan fingerprint density at radius 3 is 2.06 bits per heavy atom. The van der Waals surface area contributed by atoms with Gasteiger partial charge in [-0.3, -0.25) is 9.69 Å². The van der Waals surface area contributed by atoms with Gasteiger partial charge in [-0.15, -0.1) is 0 Å². The van der Waals surface area contributed by atoms with Gasteiger partial charge in [-0.05, 0) is 18.5 Å². The summed E-state index contributed by atoms with van der Waals surface area (Å²) in [6, 6.07) is -0.620. The molecule has 18 heavy (non-hydrogen) atoms. The van der Waals surface area contributed by atoms with Crippen molar-refractivity contribution in [2.45, 2.75) is 40.7 Å². The molecule has 0 bridgehead atoms. The molecule has 5 heteroatoms. The van der Waals surface area contributed by atoms with Crippen molar-refractivity contribution in [1.82, 2.24) is 10.2 Å². The molecule has 106 valence electrons. The first-order valence-corrected chi connectivity index (χ1v) is 6.35. The molecule has 1 atom stereocenters. The number of methoxy groups -OCH3 is 1. The van der Waals surface area contributed by atoms with Crippen LogP contribution in [-0.4, -0.2) is 49.6 Å². The number of esters is 1. The first-order valence-electron chi connectivity index (χ1n) is 6.35. The van der Waals surface area contributed by atoms with Crippen molar-refractivity contribution in [2.75, 3.05) is 26.7 Å². The molecule has 0 aromatic rings. The number of ether oxygens (including phenoxy) is 1. The quantitative estimate of drug-likeness (QED) is 0.723. The Morgan fingerprint density at radius 2 is 1.72 bits per heavy atom. The molecule has 0 radical (unpaired) electrons. The standard InChI is InChI=1S/C13H26N2O3/c1-7-15(8-2)9-10(16)14-11(12(17)18-6)13(3,4)5/h11H,7-9H2,1-6H3,(H,14,16)/t11-/m1/s1. The lowest BCUT2D eigenvalue weighted by Crippen LogP contribution is -2.52. The molecule has 0 spiro atoms. The summed E-state index contributed by atoms with van der Waals surface area (Å²) in [6.45, 7) is 11.6. The SMILES string of the molecule is CCN(CC)CC(=O)N[C@H](C(=O)OC)C(C)(C)C. The first kappa shape index (κ1) is 16.9. The molecule has 0 fully saturated rings. The summed E-state index contributed by atoms with van der Waals surface area (Å²) in [5.41, 5.74) is -0.369. The van der Waals surface area contributed by atoms with Crippen LogP contribution in [0.2, 0.25) is 0 Å². The van der Waals surface area contributed by atoms with E-state index in [4.69, 9.17) is 4.74 Å². The summed E-state index contributed by atoms with van der Waals surface area (Å²) in [7, 11) is 1.33. The van der Waals surface area contributed by atoms with E-state index < -0.39 is 12.0 Å². The number of nitrogens with one attached hydrogen (secondary N) is 1. The second kappa shape index (κ2) is 7.36. The predicted molar refractivity (Wildman–Crippen MR) is 71.2 cm³/mol. The molecule has 0 rings (SSSR count). The minimum absolute atomic E-state index is 0.149. The smallest absolute Gasteiger partial charge is 0.328 e. The molecule has 0 unspecified atom stereocenters. The lowest BCUT2D eigenvalue weighted by molar-refractivity contribution is -0.148. The van der Waals surface area contributed by atoms with Crippen LogP contribution < -0.4 is 5.32 Å². The molecule has 0 aromatic heterocycles. The Morgan fingerprint density at radius 1 is 1.22 bits per heavy atom. The van der Waals surface area contributed by atoms with E-state index in [2.05, 4.69) is 5.32 Å². The van der Waals surface area contributed by atoms with Crippen LogP contribution in [0, 0.1) is 5.41 Å². The fourth-order valence-corrected chi connectivity index (χ4v) is 1.60. The van der Waals surface area contributed by atoms with Gasteiger partial charge in [0.15, 0.2) is 0 Å². The maximum Gasteiger partial charge on any atom is 0.328 e. The second-order valence-corrected chi connectivity index (χ2v) is 5.35. The fraction of sp³-hybridized carbons (Fsp3) is 0.846. The van der Waals surface area contributed by atoms with E-state index in [-0.39, 0.29) is 11.3 Å². The van der Waals surface area contributed by atoms with E-state index in [1.54, 1.807) is 0 Å². The van der Waals surface area contributed by atoms with E-state index in [0.717, 1.165) is 13.1 Å². The highest BCUT2D eigenvalue weighted by Gasteiger charge is 2.33. The monoisotopic (exact) mass is 258 g/mol. The molecular weight excluding hydrogens is 232 g/mol. The molecule has 0 saturated carbocycles. The summed E-state index contributed by atoms with van der Waals surface area (Å²) < 4.78 is 4.73. The van der Waals surface area contributed by atoms with Gasteiger partial charge in [-0.1, -0.05) is 34.6 Å². The Kier molecular flexibility index (Phi) is 6.91. The van der Waals surface area contributed by atoms with Crippen LogP contribution in [-0.2, 0) is 14.3 Å². The number of hydrogen-bond acceptors (Lipinski definition) is 4. The van der Waals surface area contributed by atoms with Crippen LogP contribution in [0.15, 0.2) is 0 Å². The minimum Gasteiger partial charge on any atom is -0.467 e. The Hall–Kier alpha value is -1.10. The summed E-state index contributed by atoms with van der Waals surface area (Å²) in [5, 5.41) is 2.75. The lowest BCUT2D eigenvalue weighted by atomic mass is 9.86. The van der Waals surface area contributed by atoms with Gasteiger partial charge in [0.1, 0.15) is 6.04 Å². The van der Waals surface area contributed by atoms with Crippen molar-refractivity contribution in [3.8, 4) is 0 Å². The first-order chi connectivity index (χ1) is 8.26. The van der Waals surface area contributed by atoms with Crippen LogP contribution in [0.4, 0.5) is 0 Å². The average Bonchev–Trinajstić information content (AvgIpc) is 2.30. The van der Waals surface area contributed by atoms with Crippen molar-refractivity contribution in [2.24, 2.45) is 5.41 Å². The summed E-state index contributed by atoms with van der Waals surface area (Å²) in [5.74, 6) is -0.556. The van der Waals surface area contributed by atoms with E-state index in [0.29, 0.717) is 6.54 Å². The Bertz CT molecular complexity index is 280. The summed E-state index contributed by atoms with van der Waals surface area (Å²) in [6.07, 6.45) is 0. The number of carbonyl (C=O) groups excluding carboxylic acids is 2. The topological polar surface area (TPSA) is 58.6 Å². The number of likely N-dealkylation sites (N-methyl/N-ethyl adjacent to an activating group) is 1. The van der Waals surface area contributed by atoms with E-state index in [1.165, 1.54) is 7.11 Å². The van der Waals surface area contributed by atoms with Crippen molar-refractivity contribution < 1.29 is 14.3 Å². The molecule has 0 heterocycles. The number of rotatable bonds is 6. The maximum absolute atomic E-state index is 11.9. The average molecular weight is 258 g/mol. The molecule has 0 saturated heterocycles. The molecule has 0 aliphatic rings. The zero-order valence-electron chi connectivity index (χ0n) is 12.4. The van der Waals surface area contributed by atoms with Crippen LogP contribution in [0.3, 0.4) is 0 Å². The van der Waals surface area contributed by atoms with Crippen molar-refractivity contribution in [1.29, 1.82) is 0 Å². The van der Waals surface area contributed by atoms with Crippen molar-refractivity contribution in [3.63, 3.8) is 0 Å². The van der Waals surface area contributed by atoms with Gasteiger partial charge in [0.2, 0.25) is 5.91 Å². The van der Waals surface area contributed by atoms with Crippen LogP contribution in [0.1, 0.15) is 34.6 Å². The van der Waals surface area contributed by atoms with Crippen molar-refractivity contribution >= 4 is 11.9 Å².